The first-order valence-corrected chi connectivity index (χ1v) is 2.47. The van der Waals surface area contributed by atoms with E-state index < -0.39 is 0 Å². The Morgan fingerprint density at radius 3 is 1.56 bits per heavy atom. The van der Waals surface area contributed by atoms with Crippen LogP contribution in [-0.4, -0.2) is 61.0 Å². The number of nitrogens with zero attached hydrogens (tertiary/aromatic N) is 1. The van der Waals surface area contributed by atoms with E-state index in [9.17, 15) is 0 Å². The van der Waals surface area contributed by atoms with Gasteiger partial charge in [0.25, 0.3) is 0 Å². The van der Waals surface area contributed by atoms with E-state index in [1.165, 1.54) is 0 Å². The van der Waals surface area contributed by atoms with Gasteiger partial charge >= 0.3 is 0 Å². The number of hydrogen-bond donors (Lipinski definition) is 1. The molecule has 0 heterocycles. The minimum atomic E-state index is 0. The molecule has 0 aromatic heterocycles. The van der Waals surface area contributed by atoms with Crippen molar-refractivity contribution in [2.45, 2.75) is 0 Å². The molecule has 2 radical (unpaired) electrons. The Morgan fingerprint density at radius 1 is 1.22 bits per heavy atom. The van der Waals surface area contributed by atoms with E-state index in [0.717, 1.165) is 11.0 Å². The zero-order valence-electron chi connectivity index (χ0n) is 6.09. The van der Waals surface area contributed by atoms with Crippen LogP contribution in [0.5, 0.6) is 0 Å². The van der Waals surface area contributed by atoms with Crippen LogP contribution in [0.1, 0.15) is 0 Å². The van der Waals surface area contributed by atoms with Crippen molar-refractivity contribution in [3.8, 4) is 0 Å². The van der Waals surface area contributed by atoms with Crippen molar-refractivity contribution in [2.24, 2.45) is 0 Å². The van der Waals surface area contributed by atoms with Crippen LogP contribution < -0.4 is 12.4 Å². The van der Waals surface area contributed by atoms with Gasteiger partial charge in [0.1, 0.15) is 6.54 Å². The molecule has 0 fully saturated rings. The average molecular weight is 219 g/mol. The first-order chi connectivity index (χ1) is 3.06. The van der Waals surface area contributed by atoms with Crippen LogP contribution in [0.25, 0.3) is 0 Å². The van der Waals surface area contributed by atoms with Crippen molar-refractivity contribution >= 4 is 17.1 Å². The molecule has 0 amide bonds. The Balaban J connectivity index is -0.000000180. The summed E-state index contributed by atoms with van der Waals surface area (Å²) >= 11 is 0. The molecule has 58 valence electrons. The van der Waals surface area contributed by atoms with Gasteiger partial charge in [-0.2, -0.15) is 0 Å². The standard InChI is InChI=1S/C5H14NO.ClH.Se/c1-6(2,3)4-5-7;;/h7H,4-5H2,1-3H3;1H;/q+1;;/p-1. The second kappa shape index (κ2) is 6.84. The smallest absolute Gasteiger partial charge is 0.101 e. The number of aliphatic hydroxyl groups excluding tert-OH is 1. The van der Waals surface area contributed by atoms with Gasteiger partial charge in [-0.05, 0) is 0 Å². The molecule has 0 atom stereocenters. The van der Waals surface area contributed by atoms with Crippen molar-refractivity contribution in [3.63, 3.8) is 0 Å². The molecule has 0 aliphatic rings. The molecule has 0 aromatic rings. The van der Waals surface area contributed by atoms with Crippen LogP contribution in [0.15, 0.2) is 0 Å². The monoisotopic (exact) mass is 219 g/mol. The van der Waals surface area contributed by atoms with E-state index in [1.807, 2.05) is 0 Å². The number of quaternary nitrogens is 1. The minimum Gasteiger partial charge on any atom is -1.00 e. The number of hydrogen-bond acceptors (Lipinski definition) is 1. The summed E-state index contributed by atoms with van der Waals surface area (Å²) in [4.78, 5) is 0. The topological polar surface area (TPSA) is 20.2 Å². The van der Waals surface area contributed by atoms with E-state index in [-0.39, 0.29) is 36.1 Å². The summed E-state index contributed by atoms with van der Waals surface area (Å²) in [6.07, 6.45) is 0. The van der Waals surface area contributed by atoms with Crippen LogP contribution >= 0.6 is 0 Å². The molecular weight excluding hydrogens is 204 g/mol. The largest absolute Gasteiger partial charge is 1.00 e. The summed E-state index contributed by atoms with van der Waals surface area (Å²) < 4.78 is 0.844. The van der Waals surface area contributed by atoms with Crippen molar-refractivity contribution < 1.29 is 22.0 Å². The number of halogens is 1. The van der Waals surface area contributed by atoms with Gasteiger partial charge < -0.3 is 22.0 Å². The van der Waals surface area contributed by atoms with Gasteiger partial charge in [-0.15, -0.1) is 0 Å². The van der Waals surface area contributed by atoms with Crippen LogP contribution in [0.2, 0.25) is 0 Å². The van der Waals surface area contributed by atoms with E-state index >= 15 is 0 Å². The van der Waals surface area contributed by atoms with Crippen LogP contribution in [0, 0.1) is 0 Å². The fourth-order valence-electron chi connectivity index (χ4n) is 0.300. The van der Waals surface area contributed by atoms with E-state index in [4.69, 9.17) is 5.11 Å². The van der Waals surface area contributed by atoms with Gasteiger partial charge in [0.05, 0.1) is 27.7 Å². The maximum absolute atomic E-state index is 8.39. The second-order valence-electron chi connectivity index (χ2n) is 2.74. The Kier molecular flexibility index (Phi) is 12.5. The minimum absolute atomic E-state index is 0. The third-order valence-electron chi connectivity index (χ3n) is 0.771. The number of likely N-dealkylation sites (N-methyl/N-ethyl adjacent to an activating group) is 1. The third kappa shape index (κ3) is 17.7. The summed E-state index contributed by atoms with van der Waals surface area (Å²) in [5, 5.41) is 8.39. The Bertz CT molecular complexity index is 55.4. The van der Waals surface area contributed by atoms with Crippen molar-refractivity contribution in [1.29, 1.82) is 0 Å². The fourth-order valence-corrected chi connectivity index (χ4v) is 0.300. The summed E-state index contributed by atoms with van der Waals surface area (Å²) in [6, 6.07) is 0. The molecule has 1 N–H and O–H groups in total. The van der Waals surface area contributed by atoms with Crippen molar-refractivity contribution in [3.05, 3.63) is 0 Å². The molecule has 0 saturated carbocycles. The normalized spacial score (nSPS) is 9.33. The molecule has 0 bridgehead atoms. The van der Waals surface area contributed by atoms with E-state index in [0.29, 0.717) is 0 Å². The van der Waals surface area contributed by atoms with E-state index in [2.05, 4.69) is 21.1 Å². The Morgan fingerprint density at radius 2 is 1.56 bits per heavy atom. The summed E-state index contributed by atoms with van der Waals surface area (Å²) in [7, 11) is 6.16. The maximum atomic E-state index is 8.39. The summed E-state index contributed by atoms with van der Waals surface area (Å²) in [5.41, 5.74) is 0. The van der Waals surface area contributed by atoms with Crippen molar-refractivity contribution in [2.75, 3.05) is 34.3 Å². The molecule has 9 heavy (non-hydrogen) atoms. The van der Waals surface area contributed by atoms with Gasteiger partial charge in [-0.1, -0.05) is 0 Å². The molecule has 0 aliphatic heterocycles. The summed E-state index contributed by atoms with van der Waals surface area (Å²) in [5.74, 6) is 0. The maximum Gasteiger partial charge on any atom is 0.101 e. The molecule has 0 rings (SSSR count). The van der Waals surface area contributed by atoms with Crippen LogP contribution in [0.3, 0.4) is 0 Å². The second-order valence-corrected chi connectivity index (χ2v) is 2.74. The summed E-state index contributed by atoms with van der Waals surface area (Å²) in [6.45, 7) is 1.11. The SMILES string of the molecule is C[N+](C)(C)CCO.[Cl-].[Se]. The molecular formula is C5H14ClNOSe. The molecule has 4 heteroatoms. The number of rotatable bonds is 2. The molecule has 0 unspecified atom stereocenters. The first-order valence-electron chi connectivity index (χ1n) is 2.47. The number of aliphatic hydroxyl groups is 1. The molecule has 0 aromatic carbocycles. The average Bonchev–Trinajstić information content (AvgIpc) is 1.30. The fraction of sp³-hybridized carbons (Fsp3) is 1.00. The van der Waals surface area contributed by atoms with Gasteiger partial charge in [0, 0.05) is 17.1 Å². The van der Waals surface area contributed by atoms with E-state index in [1.54, 1.807) is 0 Å². The Labute approximate surface area is 73.7 Å². The quantitative estimate of drug-likeness (QED) is 0.374. The van der Waals surface area contributed by atoms with Crippen molar-refractivity contribution in [1.82, 2.24) is 0 Å². The molecule has 0 aliphatic carbocycles. The molecule has 0 spiro atoms. The third-order valence-corrected chi connectivity index (χ3v) is 0.771. The molecule has 0 saturated heterocycles. The van der Waals surface area contributed by atoms with Crippen LogP contribution in [0.4, 0.5) is 0 Å². The zero-order valence-corrected chi connectivity index (χ0v) is 8.56. The van der Waals surface area contributed by atoms with Gasteiger partial charge in [0.2, 0.25) is 0 Å². The molecule has 2 nitrogen and oxygen atoms in total. The van der Waals surface area contributed by atoms with Gasteiger partial charge in [-0.25, -0.2) is 0 Å². The zero-order chi connectivity index (χ0) is 5.91. The predicted octanol–water partition coefficient (Wildman–Crippen LogP) is -3.69. The first kappa shape index (κ1) is 16.4. The van der Waals surface area contributed by atoms with Gasteiger partial charge in [-0.3, -0.25) is 0 Å². The Hall–Kier alpha value is 0.729. The van der Waals surface area contributed by atoms with Crippen LogP contribution in [-0.2, 0) is 0 Å². The van der Waals surface area contributed by atoms with Gasteiger partial charge in [0.15, 0.2) is 0 Å². The predicted molar refractivity (Wildman–Crippen MR) is 35.7 cm³/mol.